The van der Waals surface area contributed by atoms with E-state index < -0.39 is 35.6 Å². The van der Waals surface area contributed by atoms with Gasteiger partial charge in [0.1, 0.15) is 11.6 Å². The smallest absolute Gasteiger partial charge is 0.248 e. The molecule has 1 N–H and O–H groups in total. The second-order valence-corrected chi connectivity index (χ2v) is 13.4. The summed E-state index contributed by atoms with van der Waals surface area (Å²) in [6.07, 6.45) is 6.10. The van der Waals surface area contributed by atoms with Crippen LogP contribution in [0, 0.1) is 17.8 Å². The number of aliphatic hydroxyl groups excluding tert-OH is 1. The van der Waals surface area contributed by atoms with E-state index in [0.29, 0.717) is 32.6 Å². The van der Waals surface area contributed by atoms with Gasteiger partial charge in [-0.05, 0) is 24.3 Å². The molecule has 230 valence electrons. The first-order valence-corrected chi connectivity index (χ1v) is 16.2. The van der Waals surface area contributed by atoms with Gasteiger partial charge in [-0.2, -0.15) is 0 Å². The van der Waals surface area contributed by atoms with Gasteiger partial charge in [0.25, 0.3) is 0 Å². The third-order valence-electron chi connectivity index (χ3n) is 9.13. The number of carbonyl (C=O) groups is 3. The lowest BCUT2D eigenvalue weighted by atomic mass is 9.70. The molecule has 3 unspecified atom stereocenters. The Morgan fingerprint density at radius 2 is 1.81 bits per heavy atom. The zero-order valence-electron chi connectivity index (χ0n) is 25.2. The Hall–Kier alpha value is -2.49. The number of hydrogen-bond donors (Lipinski definition) is 1. The van der Waals surface area contributed by atoms with Crippen LogP contribution in [0.5, 0.6) is 0 Å². The van der Waals surface area contributed by atoms with Crippen LogP contribution in [-0.2, 0) is 25.7 Å². The second kappa shape index (κ2) is 13.9. The summed E-state index contributed by atoms with van der Waals surface area (Å²) in [5.41, 5.74) is -0.200. The van der Waals surface area contributed by atoms with Crippen molar-refractivity contribution in [1.29, 1.82) is 0 Å². The molecule has 9 heteroatoms. The van der Waals surface area contributed by atoms with Crippen LogP contribution in [0.3, 0.4) is 0 Å². The van der Waals surface area contributed by atoms with Crippen molar-refractivity contribution in [1.82, 2.24) is 14.7 Å². The van der Waals surface area contributed by atoms with E-state index in [9.17, 15) is 19.5 Å². The number of amides is 3. The van der Waals surface area contributed by atoms with Crippen LogP contribution in [0.2, 0.25) is 0 Å². The molecule has 7 atom stereocenters. The van der Waals surface area contributed by atoms with Gasteiger partial charge < -0.3 is 24.5 Å². The topological polar surface area (TPSA) is 90.4 Å². The number of benzene rings is 1. The van der Waals surface area contributed by atoms with Gasteiger partial charge in [-0.25, -0.2) is 0 Å². The Balaban J connectivity index is 1.77. The van der Waals surface area contributed by atoms with Crippen LogP contribution < -0.4 is 0 Å². The molecule has 1 aromatic rings. The second-order valence-electron chi connectivity index (χ2n) is 12.2. The zero-order chi connectivity index (χ0) is 30.6. The maximum Gasteiger partial charge on any atom is 0.248 e. The van der Waals surface area contributed by atoms with Crippen LogP contribution in [0.25, 0.3) is 0 Å². The molecule has 0 aromatic heterocycles. The van der Waals surface area contributed by atoms with E-state index in [1.807, 2.05) is 44.2 Å². The molecule has 1 spiro atoms. The normalized spacial score (nSPS) is 28.6. The third-order valence-corrected chi connectivity index (χ3v) is 9.97. The lowest BCUT2D eigenvalue weighted by Gasteiger charge is -2.40. The Kier molecular flexibility index (Phi) is 10.7. The molecule has 3 fully saturated rings. The highest BCUT2D eigenvalue weighted by atomic mass is 79.9. The van der Waals surface area contributed by atoms with Crippen LogP contribution >= 0.6 is 15.9 Å². The number of halogens is 1. The number of fused-ring (bicyclic) bond motifs is 1. The van der Waals surface area contributed by atoms with Gasteiger partial charge in [0, 0.05) is 31.0 Å². The fraction of sp³-hybridized carbons (Fsp3) is 0.606. The summed E-state index contributed by atoms with van der Waals surface area (Å²) < 4.78 is 6.73. The van der Waals surface area contributed by atoms with Gasteiger partial charge in [0.2, 0.25) is 17.7 Å². The largest absolute Gasteiger partial charge is 0.394 e. The van der Waals surface area contributed by atoms with Gasteiger partial charge in [-0.3, -0.25) is 14.4 Å². The van der Waals surface area contributed by atoms with Gasteiger partial charge in [-0.15, -0.1) is 13.2 Å². The predicted octanol–water partition coefficient (Wildman–Crippen LogP) is 4.17. The molecule has 4 rings (SSSR count). The van der Waals surface area contributed by atoms with E-state index in [2.05, 4.69) is 36.0 Å². The number of hydrogen-bond acceptors (Lipinski definition) is 5. The van der Waals surface area contributed by atoms with Crippen LogP contribution in [0.1, 0.15) is 52.0 Å². The van der Waals surface area contributed by atoms with Crippen molar-refractivity contribution in [3.05, 3.63) is 61.2 Å². The highest BCUT2D eigenvalue weighted by Gasteiger charge is 2.77. The minimum atomic E-state index is -1.17. The summed E-state index contributed by atoms with van der Waals surface area (Å²) >= 11 is 3.77. The van der Waals surface area contributed by atoms with Gasteiger partial charge >= 0.3 is 0 Å². The molecule has 2 bridgehead atoms. The fourth-order valence-electron chi connectivity index (χ4n) is 7.18. The third kappa shape index (κ3) is 5.84. The van der Waals surface area contributed by atoms with E-state index in [4.69, 9.17) is 4.74 Å². The van der Waals surface area contributed by atoms with Gasteiger partial charge in [0.15, 0.2) is 0 Å². The SMILES string of the molecule is C=CCN(CCCCC)C(=O)C1N([C@@H](CO)C(C)C)C(=O)[C@@H]2[C@@H](C(=O)N(CC=C)Cc3ccccc3)[C@@H]3OC12CC3Br. The maximum atomic E-state index is 14.5. The summed E-state index contributed by atoms with van der Waals surface area (Å²) in [6, 6.07) is 8.19. The number of unbranched alkanes of at least 4 members (excludes halogenated alkanes) is 2. The quantitative estimate of drug-likeness (QED) is 0.176. The van der Waals surface area contributed by atoms with Crippen molar-refractivity contribution in [2.75, 3.05) is 26.2 Å². The maximum absolute atomic E-state index is 14.5. The van der Waals surface area contributed by atoms with Crippen molar-refractivity contribution in [3.8, 4) is 0 Å². The van der Waals surface area contributed by atoms with E-state index in [-0.39, 0.29) is 35.1 Å². The van der Waals surface area contributed by atoms with E-state index in [0.717, 1.165) is 24.8 Å². The van der Waals surface area contributed by atoms with Crippen LogP contribution in [0.4, 0.5) is 0 Å². The molecular weight excluding hydrogens is 598 g/mol. The van der Waals surface area contributed by atoms with Crippen molar-refractivity contribution in [2.24, 2.45) is 17.8 Å². The number of alkyl halides is 1. The number of rotatable bonds is 15. The van der Waals surface area contributed by atoms with E-state index >= 15 is 0 Å². The van der Waals surface area contributed by atoms with Crippen molar-refractivity contribution in [3.63, 3.8) is 0 Å². The number of nitrogens with zero attached hydrogens (tertiary/aromatic N) is 3. The average molecular weight is 645 g/mol. The summed E-state index contributed by atoms with van der Waals surface area (Å²) in [4.78, 5) is 48.3. The Morgan fingerprint density at radius 1 is 1.14 bits per heavy atom. The minimum Gasteiger partial charge on any atom is -0.394 e. The monoisotopic (exact) mass is 643 g/mol. The van der Waals surface area contributed by atoms with E-state index in [1.165, 1.54) is 0 Å². The number of carbonyl (C=O) groups excluding carboxylic acids is 3. The summed E-state index contributed by atoms with van der Waals surface area (Å²) in [5, 5.41) is 10.5. The van der Waals surface area contributed by atoms with Crippen molar-refractivity contribution >= 4 is 33.7 Å². The molecule has 3 saturated heterocycles. The molecule has 3 amide bonds. The Bertz CT molecular complexity index is 1150. The standard InChI is InChI=1S/C33H46BrN3O5/c1-6-9-13-18-35(16-7-2)32(41)29-33-19-24(34)28(42-33)26(27(33)31(40)37(29)25(21-38)22(4)5)30(39)36(17-8-3)20-23-14-11-10-12-15-23/h7-8,10-12,14-15,22,24-29,38H,2-3,6,9,13,16-21H2,1,4-5H3/t24?,25-,26+,27-,28+,29?,33?/m0/s1. The number of aliphatic hydroxyl groups is 1. The molecule has 0 radical (unpaired) electrons. The van der Waals surface area contributed by atoms with E-state index in [1.54, 1.807) is 26.9 Å². The number of ether oxygens (including phenoxy) is 1. The van der Waals surface area contributed by atoms with Crippen molar-refractivity contribution in [2.45, 2.75) is 81.6 Å². The Morgan fingerprint density at radius 3 is 2.40 bits per heavy atom. The summed E-state index contributed by atoms with van der Waals surface area (Å²) in [7, 11) is 0. The summed E-state index contributed by atoms with van der Waals surface area (Å²) in [5.74, 6) is -2.38. The molecule has 3 heterocycles. The zero-order valence-corrected chi connectivity index (χ0v) is 26.7. The average Bonchev–Trinajstić information content (AvgIpc) is 3.56. The molecule has 3 aliphatic heterocycles. The molecule has 8 nitrogen and oxygen atoms in total. The molecule has 1 aromatic carbocycles. The van der Waals surface area contributed by atoms with Crippen molar-refractivity contribution < 1.29 is 24.2 Å². The first-order valence-electron chi connectivity index (χ1n) is 15.2. The molecule has 3 aliphatic rings. The number of likely N-dealkylation sites (tertiary alicyclic amines) is 1. The van der Waals surface area contributed by atoms with Gasteiger partial charge in [-0.1, -0.05) is 92.0 Å². The highest BCUT2D eigenvalue weighted by molar-refractivity contribution is 9.09. The van der Waals surface area contributed by atoms with Crippen LogP contribution in [-0.4, -0.2) is 92.4 Å². The Labute approximate surface area is 258 Å². The fourth-order valence-corrected chi connectivity index (χ4v) is 8.12. The lowest BCUT2D eigenvalue weighted by Crippen LogP contribution is -2.60. The molecular formula is C33H46BrN3O5. The predicted molar refractivity (Wildman–Crippen MR) is 167 cm³/mol. The van der Waals surface area contributed by atoms with Crippen LogP contribution in [0.15, 0.2) is 55.6 Å². The molecule has 0 saturated carbocycles. The minimum absolute atomic E-state index is 0.112. The summed E-state index contributed by atoms with van der Waals surface area (Å²) in [6.45, 7) is 15.0. The lowest BCUT2D eigenvalue weighted by molar-refractivity contribution is -0.153. The first-order chi connectivity index (χ1) is 20.2. The molecule has 0 aliphatic carbocycles. The molecule has 42 heavy (non-hydrogen) atoms. The highest BCUT2D eigenvalue weighted by Crippen LogP contribution is 2.61. The first kappa shape index (κ1) is 32.4. The van der Waals surface area contributed by atoms with Gasteiger partial charge in [0.05, 0.1) is 30.6 Å².